The fourth-order valence-electron chi connectivity index (χ4n) is 2.01. The molecule has 1 aromatic heterocycles. The Labute approximate surface area is 126 Å². The first-order chi connectivity index (χ1) is 10.5. The van der Waals surface area contributed by atoms with Gasteiger partial charge in [-0.1, -0.05) is 24.3 Å². The number of nitrogens with zero attached hydrogens (tertiary/aromatic N) is 1. The van der Waals surface area contributed by atoms with Crippen LogP contribution in [0.4, 0.5) is 0 Å². The van der Waals surface area contributed by atoms with E-state index in [0.29, 0.717) is 5.52 Å². The first-order valence-corrected chi connectivity index (χ1v) is 6.68. The number of nitrogens with one attached hydrogen (secondary N) is 2. The number of fused-ring (bicyclic) bond motifs is 1. The van der Waals surface area contributed by atoms with Crippen LogP contribution < -0.4 is 16.4 Å². The second kappa shape index (κ2) is 6.66. The van der Waals surface area contributed by atoms with Crippen LogP contribution >= 0.6 is 0 Å². The number of pyridine rings is 1. The molecular weight excluding hydrogens is 284 g/mol. The van der Waals surface area contributed by atoms with Crippen LogP contribution in [0.1, 0.15) is 16.9 Å². The lowest BCUT2D eigenvalue weighted by Gasteiger charge is -2.15. The fourth-order valence-corrected chi connectivity index (χ4v) is 2.01. The third-order valence-electron chi connectivity index (χ3n) is 3.10. The lowest BCUT2D eigenvalue weighted by Crippen LogP contribution is -2.47. The minimum Gasteiger partial charge on any atom is -0.370 e. The zero-order chi connectivity index (χ0) is 16.1. The highest BCUT2D eigenvalue weighted by Gasteiger charge is 2.23. The molecule has 0 aliphatic carbocycles. The number of likely N-dealkylation sites (N-methyl/N-ethyl adjacent to an activating group) is 1. The number of carbonyl (C=O) groups excluding carboxylic acids is 3. The third-order valence-corrected chi connectivity index (χ3v) is 3.10. The predicted molar refractivity (Wildman–Crippen MR) is 80.9 cm³/mol. The molecular formula is C15H16N4O3. The molecule has 4 N–H and O–H groups in total. The first kappa shape index (κ1) is 15.4. The Kier molecular flexibility index (Phi) is 4.67. The number of rotatable bonds is 5. The van der Waals surface area contributed by atoms with Crippen molar-refractivity contribution in [2.75, 3.05) is 7.05 Å². The summed E-state index contributed by atoms with van der Waals surface area (Å²) in [7, 11) is 1.41. The maximum atomic E-state index is 12.2. The average molecular weight is 300 g/mol. The van der Waals surface area contributed by atoms with E-state index in [1.54, 1.807) is 18.2 Å². The SMILES string of the molecule is CNC(=O)[C@H](CC(N)=O)NC(=O)c1ccc2ccccc2n1. The van der Waals surface area contributed by atoms with E-state index in [4.69, 9.17) is 5.73 Å². The van der Waals surface area contributed by atoms with Gasteiger partial charge >= 0.3 is 0 Å². The molecule has 0 bridgehead atoms. The van der Waals surface area contributed by atoms with Gasteiger partial charge in [-0.05, 0) is 12.1 Å². The zero-order valence-corrected chi connectivity index (χ0v) is 12.0. The molecule has 0 saturated heterocycles. The van der Waals surface area contributed by atoms with Gasteiger partial charge in [0.2, 0.25) is 11.8 Å². The van der Waals surface area contributed by atoms with Crippen molar-refractivity contribution in [2.24, 2.45) is 5.73 Å². The van der Waals surface area contributed by atoms with Crippen LogP contribution in [0.15, 0.2) is 36.4 Å². The van der Waals surface area contributed by atoms with E-state index >= 15 is 0 Å². The van der Waals surface area contributed by atoms with Crippen molar-refractivity contribution in [3.05, 3.63) is 42.1 Å². The Hall–Kier alpha value is -2.96. The Morgan fingerprint density at radius 2 is 1.91 bits per heavy atom. The molecule has 3 amide bonds. The molecule has 0 unspecified atom stereocenters. The van der Waals surface area contributed by atoms with E-state index in [0.717, 1.165) is 5.39 Å². The quantitative estimate of drug-likeness (QED) is 0.718. The van der Waals surface area contributed by atoms with Crippen molar-refractivity contribution in [3.63, 3.8) is 0 Å². The number of hydrogen-bond donors (Lipinski definition) is 3. The Morgan fingerprint density at radius 3 is 2.59 bits per heavy atom. The molecule has 2 rings (SSSR count). The highest BCUT2D eigenvalue weighted by molar-refractivity contribution is 5.98. The number of nitrogens with two attached hydrogens (primary N) is 1. The third kappa shape index (κ3) is 3.57. The molecule has 1 aromatic carbocycles. The second-order valence-electron chi connectivity index (χ2n) is 4.70. The van der Waals surface area contributed by atoms with Crippen LogP contribution in [0.5, 0.6) is 0 Å². The van der Waals surface area contributed by atoms with Gasteiger partial charge in [0.1, 0.15) is 11.7 Å². The van der Waals surface area contributed by atoms with Crippen LogP contribution in [-0.4, -0.2) is 35.8 Å². The molecule has 2 aromatic rings. The summed E-state index contributed by atoms with van der Waals surface area (Å²) in [4.78, 5) is 39.1. The Balaban J connectivity index is 2.20. The van der Waals surface area contributed by atoms with Crippen LogP contribution in [0.3, 0.4) is 0 Å². The van der Waals surface area contributed by atoms with Gasteiger partial charge in [0, 0.05) is 12.4 Å². The van der Waals surface area contributed by atoms with Gasteiger partial charge in [-0.2, -0.15) is 0 Å². The number of carbonyl (C=O) groups is 3. The van der Waals surface area contributed by atoms with Crippen molar-refractivity contribution in [1.82, 2.24) is 15.6 Å². The smallest absolute Gasteiger partial charge is 0.270 e. The maximum Gasteiger partial charge on any atom is 0.270 e. The van der Waals surface area contributed by atoms with Gasteiger partial charge in [-0.15, -0.1) is 0 Å². The minimum atomic E-state index is -1.02. The van der Waals surface area contributed by atoms with E-state index in [-0.39, 0.29) is 12.1 Å². The topological polar surface area (TPSA) is 114 Å². The molecule has 0 spiro atoms. The van der Waals surface area contributed by atoms with Gasteiger partial charge in [0.05, 0.1) is 11.9 Å². The number of aromatic nitrogens is 1. The number of primary amides is 1. The molecule has 22 heavy (non-hydrogen) atoms. The fraction of sp³-hybridized carbons (Fsp3) is 0.200. The molecule has 0 aliphatic heterocycles. The van der Waals surface area contributed by atoms with Crippen molar-refractivity contribution in [3.8, 4) is 0 Å². The predicted octanol–water partition coefficient (Wildman–Crippen LogP) is -0.0454. The van der Waals surface area contributed by atoms with E-state index in [1.165, 1.54) is 7.05 Å². The zero-order valence-electron chi connectivity index (χ0n) is 12.0. The first-order valence-electron chi connectivity index (χ1n) is 6.68. The summed E-state index contributed by atoms with van der Waals surface area (Å²) in [6.07, 6.45) is -0.279. The van der Waals surface area contributed by atoms with E-state index in [2.05, 4.69) is 15.6 Å². The van der Waals surface area contributed by atoms with Gasteiger partial charge in [-0.25, -0.2) is 4.98 Å². The summed E-state index contributed by atoms with van der Waals surface area (Å²) in [5.41, 5.74) is 5.92. The molecule has 1 atom stereocenters. The summed E-state index contributed by atoms with van der Waals surface area (Å²) >= 11 is 0. The van der Waals surface area contributed by atoms with Crippen LogP contribution in [-0.2, 0) is 9.59 Å². The van der Waals surface area contributed by atoms with Crippen molar-refractivity contribution in [1.29, 1.82) is 0 Å². The van der Waals surface area contributed by atoms with E-state index in [1.807, 2.05) is 18.2 Å². The van der Waals surface area contributed by atoms with E-state index in [9.17, 15) is 14.4 Å². The highest BCUT2D eigenvalue weighted by atomic mass is 16.2. The number of amides is 3. The molecule has 0 saturated carbocycles. The van der Waals surface area contributed by atoms with Crippen molar-refractivity contribution >= 4 is 28.6 Å². The Bertz CT molecular complexity index is 730. The van der Waals surface area contributed by atoms with Gasteiger partial charge in [-0.3, -0.25) is 14.4 Å². The lowest BCUT2D eigenvalue weighted by molar-refractivity contribution is -0.126. The standard InChI is InChI=1S/C15H16N4O3/c1-17-14(21)12(8-13(16)20)19-15(22)11-7-6-9-4-2-3-5-10(9)18-11/h2-7,12H,8H2,1H3,(H2,16,20)(H,17,21)(H,19,22)/t12-/m0/s1. The molecule has 114 valence electrons. The summed E-state index contributed by atoms with van der Waals surface area (Å²) in [6, 6.07) is 9.65. The summed E-state index contributed by atoms with van der Waals surface area (Å²) in [6.45, 7) is 0. The average Bonchev–Trinajstić information content (AvgIpc) is 2.52. The van der Waals surface area contributed by atoms with Crippen LogP contribution in [0, 0.1) is 0 Å². The molecule has 1 heterocycles. The number of benzene rings is 1. The van der Waals surface area contributed by atoms with Crippen molar-refractivity contribution < 1.29 is 14.4 Å². The molecule has 0 aliphatic rings. The highest BCUT2D eigenvalue weighted by Crippen LogP contribution is 2.11. The number of hydrogen-bond acceptors (Lipinski definition) is 4. The van der Waals surface area contributed by atoms with E-state index < -0.39 is 23.8 Å². The second-order valence-corrected chi connectivity index (χ2v) is 4.70. The molecule has 7 heteroatoms. The normalized spacial score (nSPS) is 11.7. The van der Waals surface area contributed by atoms with Crippen molar-refractivity contribution in [2.45, 2.75) is 12.5 Å². The molecule has 7 nitrogen and oxygen atoms in total. The summed E-state index contributed by atoms with van der Waals surface area (Å²) < 4.78 is 0. The minimum absolute atomic E-state index is 0.164. The largest absolute Gasteiger partial charge is 0.370 e. The van der Waals surface area contributed by atoms with Crippen LogP contribution in [0.2, 0.25) is 0 Å². The van der Waals surface area contributed by atoms with Gasteiger partial charge < -0.3 is 16.4 Å². The van der Waals surface area contributed by atoms with Gasteiger partial charge in [0.15, 0.2) is 0 Å². The maximum absolute atomic E-state index is 12.2. The summed E-state index contributed by atoms with van der Waals surface area (Å²) in [5.74, 6) is -1.71. The van der Waals surface area contributed by atoms with Gasteiger partial charge in [0.25, 0.3) is 5.91 Å². The lowest BCUT2D eigenvalue weighted by atomic mass is 10.1. The Morgan fingerprint density at radius 1 is 1.18 bits per heavy atom. The molecule has 0 fully saturated rings. The summed E-state index contributed by atoms with van der Waals surface area (Å²) in [5, 5.41) is 5.74. The molecule has 0 radical (unpaired) electrons. The van der Waals surface area contributed by atoms with Crippen LogP contribution in [0.25, 0.3) is 10.9 Å². The monoisotopic (exact) mass is 300 g/mol. The number of para-hydroxylation sites is 1.